The number of hydrogen-bond donors (Lipinski definition) is 1. The molecule has 1 saturated heterocycles. The third-order valence-corrected chi connectivity index (χ3v) is 6.23. The molecule has 2 aromatic carbocycles. The first-order valence-corrected chi connectivity index (χ1v) is 10.7. The van der Waals surface area contributed by atoms with Gasteiger partial charge in [0, 0.05) is 12.6 Å². The number of likely N-dealkylation sites (tertiary alicyclic amines) is 1. The number of piperidine rings is 1. The average molecular weight is 424 g/mol. The topological polar surface area (TPSA) is 68.2 Å². The van der Waals surface area contributed by atoms with Crippen LogP contribution in [0.4, 0.5) is 0 Å². The highest BCUT2D eigenvalue weighted by molar-refractivity contribution is 6.15. The maximum Gasteiger partial charge on any atom is 0.232 e. The van der Waals surface area contributed by atoms with Crippen molar-refractivity contribution in [1.82, 2.24) is 4.90 Å². The Morgan fingerprint density at radius 2 is 1.97 bits per heavy atom. The number of allylic oxidation sites excluding steroid dienone is 1. The summed E-state index contributed by atoms with van der Waals surface area (Å²) in [6.07, 6.45) is 5.21. The van der Waals surface area contributed by atoms with Gasteiger partial charge >= 0.3 is 0 Å². The van der Waals surface area contributed by atoms with Crippen LogP contribution < -0.4 is 14.2 Å². The van der Waals surface area contributed by atoms with E-state index in [1.807, 2.05) is 13.0 Å². The third kappa shape index (κ3) is 4.00. The van der Waals surface area contributed by atoms with Gasteiger partial charge in [-0.05, 0) is 68.6 Å². The highest BCUT2D eigenvalue weighted by Gasteiger charge is 2.34. The lowest BCUT2D eigenvalue weighted by atomic mass is 9.97. The van der Waals surface area contributed by atoms with Gasteiger partial charge in [-0.25, -0.2) is 0 Å². The number of phenols is 1. The van der Waals surface area contributed by atoms with E-state index in [1.165, 1.54) is 6.42 Å². The number of ether oxygens (including phenoxy) is 3. The highest BCUT2D eigenvalue weighted by atomic mass is 16.5. The number of ketones is 1. The number of aryl methyl sites for hydroxylation is 1. The Labute approximate surface area is 183 Å². The van der Waals surface area contributed by atoms with Gasteiger partial charge in [0.25, 0.3) is 0 Å². The molecule has 2 aromatic rings. The molecule has 0 spiro atoms. The van der Waals surface area contributed by atoms with Crippen LogP contribution in [0.5, 0.6) is 23.0 Å². The molecule has 1 atom stereocenters. The van der Waals surface area contributed by atoms with Crippen LogP contribution in [0.15, 0.2) is 30.0 Å². The minimum Gasteiger partial charge on any atom is -0.507 e. The molecule has 0 radical (unpaired) electrons. The lowest BCUT2D eigenvalue weighted by Gasteiger charge is -2.33. The summed E-state index contributed by atoms with van der Waals surface area (Å²) >= 11 is 0. The number of carbonyl (C=O) groups excluding carboxylic acids is 1. The maximum absolute atomic E-state index is 13.2. The van der Waals surface area contributed by atoms with Crippen LogP contribution in [0.3, 0.4) is 0 Å². The summed E-state index contributed by atoms with van der Waals surface area (Å²) in [6, 6.07) is 7.53. The second-order valence-electron chi connectivity index (χ2n) is 8.26. The van der Waals surface area contributed by atoms with Crippen LogP contribution in [0.2, 0.25) is 0 Å². The Bertz CT molecular complexity index is 1040. The number of fused-ring (bicyclic) bond motifs is 1. The van der Waals surface area contributed by atoms with Crippen molar-refractivity contribution < 1.29 is 24.1 Å². The molecule has 6 nitrogen and oxygen atoms in total. The fourth-order valence-electron chi connectivity index (χ4n) is 4.42. The van der Waals surface area contributed by atoms with E-state index in [2.05, 4.69) is 11.8 Å². The van der Waals surface area contributed by atoms with Crippen molar-refractivity contribution in [3.05, 3.63) is 52.3 Å². The molecule has 1 N–H and O–H groups in total. The van der Waals surface area contributed by atoms with E-state index in [1.54, 1.807) is 38.5 Å². The lowest BCUT2D eigenvalue weighted by molar-refractivity contribution is 0.101. The van der Waals surface area contributed by atoms with E-state index in [4.69, 9.17) is 14.2 Å². The number of benzene rings is 2. The Balaban J connectivity index is 1.69. The number of phenolic OH excluding ortho intramolecular Hbond substituents is 1. The molecule has 2 aliphatic heterocycles. The van der Waals surface area contributed by atoms with Crippen molar-refractivity contribution in [2.24, 2.45) is 0 Å². The smallest absolute Gasteiger partial charge is 0.232 e. The van der Waals surface area contributed by atoms with Crippen molar-refractivity contribution in [3.63, 3.8) is 0 Å². The normalized spacial score (nSPS) is 19.9. The van der Waals surface area contributed by atoms with Gasteiger partial charge in [-0.1, -0.05) is 12.5 Å². The van der Waals surface area contributed by atoms with Gasteiger partial charge in [0.1, 0.15) is 11.5 Å². The molecular weight excluding hydrogens is 394 g/mol. The van der Waals surface area contributed by atoms with Crippen LogP contribution in [0, 0.1) is 6.92 Å². The van der Waals surface area contributed by atoms with Crippen LogP contribution in [0.25, 0.3) is 6.08 Å². The largest absolute Gasteiger partial charge is 0.507 e. The predicted octanol–water partition coefficient (Wildman–Crippen LogP) is 4.71. The zero-order valence-electron chi connectivity index (χ0n) is 18.5. The first kappa shape index (κ1) is 21.2. The van der Waals surface area contributed by atoms with Gasteiger partial charge in [0.05, 0.1) is 25.3 Å². The molecule has 1 unspecified atom stereocenters. The quantitative estimate of drug-likeness (QED) is 0.703. The molecule has 1 fully saturated rings. The zero-order valence-corrected chi connectivity index (χ0v) is 18.5. The summed E-state index contributed by atoms with van der Waals surface area (Å²) in [5, 5.41) is 10.7. The molecule has 0 bridgehead atoms. The van der Waals surface area contributed by atoms with E-state index < -0.39 is 0 Å². The van der Waals surface area contributed by atoms with E-state index in [0.29, 0.717) is 46.5 Å². The predicted molar refractivity (Wildman–Crippen MR) is 119 cm³/mol. The number of methoxy groups -OCH3 is 2. The molecule has 2 heterocycles. The van der Waals surface area contributed by atoms with Gasteiger partial charge in [-0.2, -0.15) is 0 Å². The van der Waals surface area contributed by atoms with E-state index in [-0.39, 0.29) is 17.3 Å². The van der Waals surface area contributed by atoms with E-state index in [9.17, 15) is 9.90 Å². The fraction of sp³-hybridized carbons (Fsp3) is 0.400. The van der Waals surface area contributed by atoms with E-state index in [0.717, 1.165) is 24.9 Å². The molecule has 31 heavy (non-hydrogen) atoms. The van der Waals surface area contributed by atoms with Crippen molar-refractivity contribution in [2.45, 2.75) is 45.7 Å². The molecule has 4 rings (SSSR count). The Hall–Kier alpha value is -2.99. The lowest BCUT2D eigenvalue weighted by Crippen LogP contribution is -2.36. The standard InChI is InChI=1S/C25H29NO5/c1-15-11-19(27)18(14-26-10-6-5-7-16(26)2)25-23(15)24(28)22(31-25)13-17-8-9-20(29-3)21(12-17)30-4/h8-9,11-13,16,27H,5-7,10,14H2,1-4H3/b22-13-. The Morgan fingerprint density at radius 1 is 1.19 bits per heavy atom. The number of nitrogens with zero attached hydrogens (tertiary/aromatic N) is 1. The molecule has 164 valence electrons. The molecule has 2 aliphatic rings. The fourth-order valence-corrected chi connectivity index (χ4v) is 4.42. The SMILES string of the molecule is COc1ccc(/C=C2\Oc3c(CN4CCCCC4C)c(O)cc(C)c3C2=O)cc1OC. The first-order valence-electron chi connectivity index (χ1n) is 10.7. The first-order chi connectivity index (χ1) is 14.9. The van der Waals surface area contributed by atoms with Gasteiger partial charge in [0.2, 0.25) is 5.78 Å². The third-order valence-electron chi connectivity index (χ3n) is 6.23. The summed E-state index contributed by atoms with van der Waals surface area (Å²) < 4.78 is 16.7. The highest BCUT2D eigenvalue weighted by Crippen LogP contribution is 2.43. The summed E-state index contributed by atoms with van der Waals surface area (Å²) in [5.41, 5.74) is 2.69. The number of rotatable bonds is 5. The molecule has 6 heteroatoms. The van der Waals surface area contributed by atoms with Gasteiger partial charge in [0.15, 0.2) is 17.3 Å². The van der Waals surface area contributed by atoms with Gasteiger partial charge in [-0.3, -0.25) is 9.69 Å². The zero-order chi connectivity index (χ0) is 22.1. The minimum atomic E-state index is -0.171. The molecule has 0 aliphatic carbocycles. The van der Waals surface area contributed by atoms with Crippen molar-refractivity contribution in [2.75, 3.05) is 20.8 Å². The number of carbonyl (C=O) groups is 1. The van der Waals surface area contributed by atoms with Crippen molar-refractivity contribution >= 4 is 11.9 Å². The summed E-state index contributed by atoms with van der Waals surface area (Å²) in [5.74, 6) is 1.92. The Morgan fingerprint density at radius 3 is 2.68 bits per heavy atom. The molecule has 0 saturated carbocycles. The second kappa shape index (κ2) is 8.63. The van der Waals surface area contributed by atoms with Gasteiger partial charge < -0.3 is 19.3 Å². The Kier molecular flexibility index (Phi) is 5.92. The van der Waals surface area contributed by atoms with Crippen LogP contribution in [0.1, 0.15) is 53.2 Å². The molecular formula is C25H29NO5. The van der Waals surface area contributed by atoms with Crippen molar-refractivity contribution in [1.29, 1.82) is 0 Å². The monoisotopic (exact) mass is 423 g/mol. The maximum atomic E-state index is 13.2. The number of Topliss-reactive ketones (excluding diaryl/α,β-unsaturated/α-hetero) is 1. The van der Waals surface area contributed by atoms with Crippen LogP contribution in [-0.2, 0) is 6.54 Å². The minimum absolute atomic E-state index is 0.171. The van der Waals surface area contributed by atoms with Gasteiger partial charge in [-0.15, -0.1) is 0 Å². The van der Waals surface area contributed by atoms with Crippen molar-refractivity contribution in [3.8, 4) is 23.0 Å². The number of hydrogen-bond acceptors (Lipinski definition) is 6. The van der Waals surface area contributed by atoms with Crippen LogP contribution >= 0.6 is 0 Å². The average Bonchev–Trinajstić information content (AvgIpc) is 3.08. The molecule has 0 aromatic heterocycles. The van der Waals surface area contributed by atoms with Crippen LogP contribution in [-0.4, -0.2) is 42.6 Å². The number of aromatic hydroxyl groups is 1. The van der Waals surface area contributed by atoms with E-state index >= 15 is 0 Å². The second-order valence-corrected chi connectivity index (χ2v) is 8.26. The molecule has 0 amide bonds. The summed E-state index contributed by atoms with van der Waals surface area (Å²) in [4.78, 5) is 15.5. The summed E-state index contributed by atoms with van der Waals surface area (Å²) in [6.45, 7) is 5.57. The summed E-state index contributed by atoms with van der Waals surface area (Å²) in [7, 11) is 3.15.